The molecule has 3 heterocycles. The number of morpholine rings is 1. The van der Waals surface area contributed by atoms with Gasteiger partial charge in [-0.2, -0.15) is 4.31 Å². The molecule has 0 radical (unpaired) electrons. The molecule has 2 saturated heterocycles. The summed E-state index contributed by atoms with van der Waals surface area (Å²) in [6, 6.07) is -0.751. The van der Waals surface area contributed by atoms with Gasteiger partial charge in [-0.15, -0.1) is 0 Å². The Bertz CT molecular complexity index is 781. The molecule has 10 nitrogen and oxygen atoms in total. The van der Waals surface area contributed by atoms with Gasteiger partial charge in [0.2, 0.25) is 21.9 Å². The average molecular weight is 369 g/mol. The highest BCUT2D eigenvalue weighted by Gasteiger charge is 2.39. The lowest BCUT2D eigenvalue weighted by molar-refractivity contribution is -0.125. The second-order valence-corrected chi connectivity index (χ2v) is 7.95. The number of carbonyl (C=O) groups excluding carboxylic acids is 2. The first-order chi connectivity index (χ1) is 11.8. The molecule has 0 bridgehead atoms. The molecule has 136 valence electrons. The van der Waals surface area contributed by atoms with Gasteiger partial charge in [0.15, 0.2) is 0 Å². The number of hydrogen-bond donors (Lipinski definition) is 0. The van der Waals surface area contributed by atoms with E-state index in [0.717, 1.165) is 10.6 Å². The minimum atomic E-state index is -3.46. The maximum atomic E-state index is 12.5. The van der Waals surface area contributed by atoms with Crippen LogP contribution in [0.3, 0.4) is 0 Å². The van der Waals surface area contributed by atoms with Crippen LogP contribution >= 0.6 is 0 Å². The van der Waals surface area contributed by atoms with Crippen molar-refractivity contribution in [1.82, 2.24) is 14.3 Å². The number of sulfonamides is 1. The van der Waals surface area contributed by atoms with Crippen LogP contribution in [0.1, 0.15) is 6.42 Å². The summed E-state index contributed by atoms with van der Waals surface area (Å²) < 4.78 is 29.4. The number of ether oxygens (including phenoxy) is 1. The van der Waals surface area contributed by atoms with Crippen molar-refractivity contribution >= 4 is 33.5 Å². The molecule has 0 N–H and O–H groups in total. The fourth-order valence-electron chi connectivity index (χ4n) is 2.82. The van der Waals surface area contributed by atoms with Crippen LogP contribution in [-0.2, 0) is 24.3 Å². The van der Waals surface area contributed by atoms with Crippen molar-refractivity contribution in [1.29, 1.82) is 0 Å². The van der Waals surface area contributed by atoms with E-state index in [1.165, 1.54) is 29.2 Å². The lowest BCUT2D eigenvalue weighted by Gasteiger charge is -2.26. The Balaban J connectivity index is 1.75. The van der Waals surface area contributed by atoms with E-state index in [9.17, 15) is 18.0 Å². The van der Waals surface area contributed by atoms with Crippen molar-refractivity contribution < 1.29 is 22.7 Å². The predicted octanol–water partition coefficient (Wildman–Crippen LogP) is -1.16. The highest BCUT2D eigenvalue weighted by Crippen LogP contribution is 2.23. The van der Waals surface area contributed by atoms with Crippen molar-refractivity contribution in [2.45, 2.75) is 12.5 Å². The monoisotopic (exact) mass is 369 g/mol. The number of carbonyl (C=O) groups is 2. The van der Waals surface area contributed by atoms with Crippen LogP contribution in [-0.4, -0.2) is 80.2 Å². The zero-order valence-corrected chi connectivity index (χ0v) is 14.8. The minimum Gasteiger partial charge on any atom is -0.370 e. The molecule has 25 heavy (non-hydrogen) atoms. The van der Waals surface area contributed by atoms with E-state index < -0.39 is 16.1 Å². The molecule has 0 aliphatic carbocycles. The normalized spacial score (nSPS) is 22.1. The number of anilines is 2. The van der Waals surface area contributed by atoms with E-state index in [2.05, 4.69) is 9.97 Å². The van der Waals surface area contributed by atoms with Gasteiger partial charge in [0.25, 0.3) is 5.91 Å². The first-order valence-electron chi connectivity index (χ1n) is 7.73. The maximum absolute atomic E-state index is 12.5. The van der Waals surface area contributed by atoms with Gasteiger partial charge < -0.3 is 9.64 Å². The predicted molar refractivity (Wildman–Crippen MR) is 88.6 cm³/mol. The van der Waals surface area contributed by atoms with Gasteiger partial charge in [-0.25, -0.2) is 18.4 Å². The molecule has 1 unspecified atom stereocenters. The minimum absolute atomic E-state index is 0.0197. The van der Waals surface area contributed by atoms with E-state index in [4.69, 9.17) is 4.74 Å². The van der Waals surface area contributed by atoms with E-state index in [1.807, 2.05) is 0 Å². The van der Waals surface area contributed by atoms with E-state index in [-0.39, 0.29) is 24.4 Å². The molecule has 1 aromatic rings. The van der Waals surface area contributed by atoms with E-state index in [1.54, 1.807) is 0 Å². The molecule has 1 atom stereocenters. The third-order valence-corrected chi connectivity index (χ3v) is 5.60. The van der Waals surface area contributed by atoms with Crippen molar-refractivity contribution in [3.05, 3.63) is 12.4 Å². The summed E-state index contributed by atoms with van der Waals surface area (Å²) in [5.41, 5.74) is 0.536. The number of rotatable bonds is 4. The Morgan fingerprint density at radius 3 is 2.48 bits per heavy atom. The lowest BCUT2D eigenvalue weighted by Crippen LogP contribution is -2.43. The van der Waals surface area contributed by atoms with Crippen molar-refractivity contribution in [3.8, 4) is 0 Å². The summed E-state index contributed by atoms with van der Waals surface area (Å²) in [7, 11) is -2.08. The molecule has 3 rings (SSSR count). The maximum Gasteiger partial charge on any atom is 0.253 e. The standard InChI is InChI=1S/C14H19N5O5S/c1-17(25(2,22)23)11-3-4-19(13(11)21)14-15-7-10(8-16-14)18-5-6-24-9-12(18)20/h7-8,11H,3-6,9H2,1-2H3. The van der Waals surface area contributed by atoms with Crippen LogP contribution in [0.25, 0.3) is 0 Å². The second kappa shape index (κ2) is 6.65. The third-order valence-electron chi connectivity index (χ3n) is 4.30. The highest BCUT2D eigenvalue weighted by molar-refractivity contribution is 7.88. The van der Waals surface area contributed by atoms with Gasteiger partial charge >= 0.3 is 0 Å². The van der Waals surface area contributed by atoms with Crippen LogP contribution < -0.4 is 9.80 Å². The lowest BCUT2D eigenvalue weighted by atomic mass is 10.2. The zero-order valence-electron chi connectivity index (χ0n) is 14.0. The summed E-state index contributed by atoms with van der Waals surface area (Å²) in [6.07, 6.45) is 4.39. The van der Waals surface area contributed by atoms with Crippen molar-refractivity contribution in [3.63, 3.8) is 0 Å². The largest absolute Gasteiger partial charge is 0.370 e. The van der Waals surface area contributed by atoms with Crippen LogP contribution in [0, 0.1) is 0 Å². The quantitative estimate of drug-likeness (QED) is 0.657. The van der Waals surface area contributed by atoms with Crippen molar-refractivity contribution in [2.24, 2.45) is 0 Å². The molecule has 2 aliphatic heterocycles. The Morgan fingerprint density at radius 1 is 1.20 bits per heavy atom. The first-order valence-corrected chi connectivity index (χ1v) is 9.58. The fourth-order valence-corrected chi connectivity index (χ4v) is 3.47. The summed E-state index contributed by atoms with van der Waals surface area (Å²) >= 11 is 0. The van der Waals surface area contributed by atoms with Gasteiger partial charge in [-0.05, 0) is 6.42 Å². The summed E-state index contributed by atoms with van der Waals surface area (Å²) in [4.78, 5) is 35.5. The smallest absolute Gasteiger partial charge is 0.253 e. The Kier molecular flexibility index (Phi) is 4.71. The van der Waals surface area contributed by atoms with Crippen LogP contribution in [0.5, 0.6) is 0 Å². The summed E-state index contributed by atoms with van der Waals surface area (Å²) in [5.74, 6) is -0.336. The van der Waals surface area contributed by atoms with E-state index in [0.29, 0.717) is 31.8 Å². The van der Waals surface area contributed by atoms with Crippen LogP contribution in [0.4, 0.5) is 11.6 Å². The molecular formula is C14H19N5O5S. The topological polar surface area (TPSA) is 113 Å². The van der Waals surface area contributed by atoms with E-state index >= 15 is 0 Å². The SMILES string of the molecule is CN(C1CCN(c2ncc(N3CCOCC3=O)cn2)C1=O)S(C)(=O)=O. The summed E-state index contributed by atoms with van der Waals surface area (Å²) in [6.45, 7) is 1.22. The van der Waals surface area contributed by atoms with Gasteiger partial charge in [0.1, 0.15) is 12.6 Å². The third kappa shape index (κ3) is 3.48. The average Bonchev–Trinajstić information content (AvgIpc) is 2.95. The van der Waals surface area contributed by atoms with Gasteiger partial charge in [-0.1, -0.05) is 0 Å². The zero-order chi connectivity index (χ0) is 18.2. The molecule has 11 heteroatoms. The van der Waals surface area contributed by atoms with Crippen LogP contribution in [0.15, 0.2) is 12.4 Å². The van der Waals surface area contributed by atoms with Crippen LogP contribution in [0.2, 0.25) is 0 Å². The number of aromatic nitrogens is 2. The second-order valence-electron chi connectivity index (χ2n) is 5.91. The molecule has 2 fully saturated rings. The Hall–Kier alpha value is -2.11. The van der Waals surface area contributed by atoms with Gasteiger partial charge in [0.05, 0.1) is 30.9 Å². The van der Waals surface area contributed by atoms with Gasteiger partial charge in [0, 0.05) is 20.1 Å². The molecular weight excluding hydrogens is 350 g/mol. The fraction of sp³-hybridized carbons (Fsp3) is 0.571. The molecule has 0 spiro atoms. The Morgan fingerprint density at radius 2 is 1.88 bits per heavy atom. The number of amides is 2. The number of hydrogen-bond acceptors (Lipinski definition) is 7. The number of likely N-dealkylation sites (N-methyl/N-ethyl adjacent to an activating group) is 1. The Labute approximate surface area is 145 Å². The first kappa shape index (κ1) is 17.7. The van der Waals surface area contributed by atoms with Crippen molar-refractivity contribution in [2.75, 3.05) is 49.4 Å². The molecule has 0 aromatic carbocycles. The molecule has 0 saturated carbocycles. The summed E-state index contributed by atoms with van der Waals surface area (Å²) in [5, 5.41) is 0. The van der Waals surface area contributed by atoms with Gasteiger partial charge in [-0.3, -0.25) is 14.5 Å². The highest BCUT2D eigenvalue weighted by atomic mass is 32.2. The number of nitrogens with zero attached hydrogens (tertiary/aromatic N) is 5. The molecule has 1 aromatic heterocycles. The molecule has 2 aliphatic rings. The molecule has 2 amide bonds.